The quantitative estimate of drug-likeness (QED) is 0.307. The molecule has 0 aliphatic heterocycles. The first kappa shape index (κ1) is 32.6. The van der Waals surface area contributed by atoms with Crippen LogP contribution in [0, 0.1) is 6.58 Å². The molecule has 0 saturated carbocycles. The van der Waals surface area contributed by atoms with Crippen LogP contribution in [0.3, 0.4) is 0 Å². The van der Waals surface area contributed by atoms with Crippen LogP contribution in [-0.2, 0) is 18.6 Å². The van der Waals surface area contributed by atoms with E-state index in [4.69, 9.17) is 6.58 Å². The van der Waals surface area contributed by atoms with Crippen molar-refractivity contribution in [1.29, 1.82) is 0 Å². The first-order valence-corrected chi connectivity index (χ1v) is 1.58. The molecule has 0 bridgehead atoms. The second-order valence-corrected chi connectivity index (χ2v) is 0.718. The van der Waals surface area contributed by atoms with Crippen LogP contribution < -0.4 is 37.2 Å². The second kappa shape index (κ2) is 36.3. The first-order chi connectivity index (χ1) is 2.41. The van der Waals surface area contributed by atoms with Crippen molar-refractivity contribution >= 4 is 0 Å². The molecule has 0 spiro atoms. The third-order valence-corrected chi connectivity index (χ3v) is 0.304. The fraction of sp³-hybridized carbons (Fsp3) is 0.200. The summed E-state index contributed by atoms with van der Waals surface area (Å²) in [6.07, 6.45) is 5.15. The molecule has 0 aromatic heterocycles. The van der Waals surface area contributed by atoms with Crippen molar-refractivity contribution in [3.8, 4) is 0 Å². The number of rotatable bonds is 1. The van der Waals surface area contributed by atoms with E-state index in [1.807, 2.05) is 13.0 Å². The first-order valence-electron chi connectivity index (χ1n) is 1.58. The maximum atomic E-state index is 4.93. The van der Waals surface area contributed by atoms with Crippen LogP contribution >= 0.6 is 0 Å². The minimum Gasteiger partial charge on any atom is -1.00 e. The predicted octanol–water partition coefficient (Wildman–Crippen LogP) is -7.44. The Hall–Kier alpha value is 0.934. The summed E-state index contributed by atoms with van der Waals surface area (Å²) in [5.41, 5.74) is 0. The Morgan fingerprint density at radius 1 is 1.11 bits per heavy atom. The van der Waals surface area contributed by atoms with E-state index in [0.29, 0.717) is 0 Å². The van der Waals surface area contributed by atoms with Gasteiger partial charge in [0.25, 0.3) is 0 Å². The maximum absolute atomic E-state index is 4.93. The van der Waals surface area contributed by atoms with Gasteiger partial charge in [0.05, 0.1) is 0 Å². The molecule has 0 aromatic rings. The molecule has 0 aliphatic carbocycles. The van der Waals surface area contributed by atoms with Gasteiger partial charge in [0.1, 0.15) is 0 Å². The van der Waals surface area contributed by atoms with Crippen molar-refractivity contribution in [3.63, 3.8) is 0 Å². The minimum absolute atomic E-state index is 0. The van der Waals surface area contributed by atoms with Crippen molar-refractivity contribution in [3.05, 3.63) is 24.8 Å². The van der Waals surface area contributed by atoms with Crippen molar-refractivity contribution < 1.29 is 55.8 Å². The van der Waals surface area contributed by atoms with Crippen LogP contribution in [0.4, 0.5) is 0 Å². The van der Waals surface area contributed by atoms with Gasteiger partial charge in [-0.3, -0.25) is 6.58 Å². The Labute approximate surface area is 87.3 Å². The zero-order valence-corrected chi connectivity index (χ0v) is 8.55. The largest absolute Gasteiger partial charge is 4.00 e. The fourth-order valence-electron chi connectivity index (χ4n) is 0.111. The van der Waals surface area contributed by atoms with Crippen LogP contribution in [-0.4, -0.2) is 0 Å². The summed E-state index contributed by atoms with van der Waals surface area (Å²) in [6.45, 7) is 6.85. The molecule has 0 nitrogen and oxygen atoms in total. The average molecular weight is 224 g/mol. The molecule has 53 valence electrons. The van der Waals surface area contributed by atoms with Crippen molar-refractivity contribution in [2.24, 2.45) is 0 Å². The molecule has 0 atom stereocenters. The predicted molar refractivity (Wildman–Crippen MR) is 23.7 cm³/mol. The normalized spacial score (nSPS) is 5.00. The summed E-state index contributed by atoms with van der Waals surface area (Å²) in [4.78, 5) is 0. The Morgan fingerprint density at radius 3 is 1.44 bits per heavy atom. The molecule has 0 aromatic carbocycles. The van der Waals surface area contributed by atoms with E-state index in [1.54, 1.807) is 6.08 Å². The Morgan fingerprint density at radius 2 is 1.44 bits per heavy atom. The summed E-state index contributed by atoms with van der Waals surface area (Å²) in [5.74, 6) is 0. The summed E-state index contributed by atoms with van der Waals surface area (Å²) in [7, 11) is 0. The standard InChI is InChI=1S/C5H7.3ClH.V/c1-3-5-4-2;;;;/h1,3-5H,2H3;3*1H;/q-1;;;;+4/p-3. The Kier molecular flexibility index (Phi) is 131. The molecule has 0 rings (SSSR count). The average Bonchev–Trinajstić information content (AvgIpc) is 1.41. The van der Waals surface area contributed by atoms with Gasteiger partial charge in [-0.25, -0.2) is 12.2 Å². The smallest absolute Gasteiger partial charge is 1.00 e. The summed E-state index contributed by atoms with van der Waals surface area (Å²) < 4.78 is 0. The molecule has 4 heteroatoms. The number of allylic oxidation sites excluding steroid dienone is 3. The summed E-state index contributed by atoms with van der Waals surface area (Å²) in [6, 6.07) is 0. The van der Waals surface area contributed by atoms with E-state index >= 15 is 0 Å². The third-order valence-electron chi connectivity index (χ3n) is 0.304. The van der Waals surface area contributed by atoms with E-state index in [2.05, 4.69) is 0 Å². The van der Waals surface area contributed by atoms with Gasteiger partial charge in [0.2, 0.25) is 0 Å². The molecule has 0 saturated heterocycles. The molecular formula is C5H7Cl3V. The van der Waals surface area contributed by atoms with E-state index in [1.165, 1.54) is 6.08 Å². The molecule has 0 N–H and O–H groups in total. The Balaban J connectivity index is -0.0000000133. The van der Waals surface area contributed by atoms with Gasteiger partial charge in [-0.1, -0.05) is 6.92 Å². The van der Waals surface area contributed by atoms with Gasteiger partial charge >= 0.3 is 18.6 Å². The molecule has 0 aliphatic rings. The van der Waals surface area contributed by atoms with Crippen molar-refractivity contribution in [2.75, 3.05) is 0 Å². The number of halogens is 3. The zero-order valence-electron chi connectivity index (χ0n) is 4.89. The SMILES string of the molecule is [CH-]=CC=CC.[Cl-].[Cl-].[Cl-].[V+4]. The van der Waals surface area contributed by atoms with Gasteiger partial charge in [-0.05, 0) is 0 Å². The van der Waals surface area contributed by atoms with Crippen molar-refractivity contribution in [1.82, 2.24) is 0 Å². The zero-order chi connectivity index (χ0) is 4.12. The van der Waals surface area contributed by atoms with Gasteiger partial charge in [0.15, 0.2) is 0 Å². The topological polar surface area (TPSA) is 0 Å². The number of hydrogen-bond donors (Lipinski definition) is 0. The van der Waals surface area contributed by atoms with Gasteiger partial charge in [-0.2, -0.15) is 6.08 Å². The second-order valence-electron chi connectivity index (χ2n) is 0.718. The summed E-state index contributed by atoms with van der Waals surface area (Å²) >= 11 is 0. The molecule has 0 unspecified atom stereocenters. The molecule has 0 amide bonds. The van der Waals surface area contributed by atoms with E-state index < -0.39 is 0 Å². The van der Waals surface area contributed by atoms with Crippen LogP contribution in [0.15, 0.2) is 18.2 Å². The monoisotopic (exact) mass is 223 g/mol. The van der Waals surface area contributed by atoms with E-state index in [0.717, 1.165) is 0 Å². The van der Waals surface area contributed by atoms with Gasteiger partial charge in [0, 0.05) is 0 Å². The van der Waals surface area contributed by atoms with Gasteiger partial charge < -0.3 is 37.2 Å². The van der Waals surface area contributed by atoms with Gasteiger partial charge in [-0.15, -0.1) is 0 Å². The van der Waals surface area contributed by atoms with Crippen LogP contribution in [0.25, 0.3) is 0 Å². The number of hydrogen-bond acceptors (Lipinski definition) is 0. The third kappa shape index (κ3) is 49.9. The molecular weight excluding hydrogens is 217 g/mol. The summed E-state index contributed by atoms with van der Waals surface area (Å²) in [5, 5.41) is 0. The molecule has 0 heterocycles. The van der Waals surface area contributed by atoms with E-state index in [9.17, 15) is 0 Å². The fourth-order valence-corrected chi connectivity index (χ4v) is 0.111. The molecule has 0 fully saturated rings. The van der Waals surface area contributed by atoms with Crippen molar-refractivity contribution in [2.45, 2.75) is 6.92 Å². The Bertz CT molecular complexity index is 54.2. The molecule has 1 radical (unpaired) electrons. The van der Waals surface area contributed by atoms with Crippen LogP contribution in [0.1, 0.15) is 6.92 Å². The van der Waals surface area contributed by atoms with Crippen LogP contribution in [0.5, 0.6) is 0 Å². The maximum Gasteiger partial charge on any atom is 4.00 e. The van der Waals surface area contributed by atoms with Crippen LogP contribution in [0.2, 0.25) is 0 Å². The molecule has 9 heavy (non-hydrogen) atoms. The minimum atomic E-state index is 0. The van der Waals surface area contributed by atoms with E-state index in [-0.39, 0.29) is 55.8 Å².